The first-order chi connectivity index (χ1) is 8.56. The third-order valence-electron chi connectivity index (χ3n) is 2.86. The number of methoxy groups -OCH3 is 1. The number of terminal acetylenes is 1. The molecule has 1 aromatic heterocycles. The molecule has 0 bridgehead atoms. The van der Waals surface area contributed by atoms with E-state index in [9.17, 15) is 9.59 Å². The zero-order valence-corrected chi connectivity index (χ0v) is 11.0. The topological polar surface area (TPSA) is 46.6 Å². The van der Waals surface area contributed by atoms with E-state index in [1.54, 1.807) is 4.90 Å². The molecule has 2 rings (SSSR count). The number of nitrogens with zero attached hydrogens (tertiary/aromatic N) is 1. The van der Waals surface area contributed by atoms with Gasteiger partial charge in [0, 0.05) is 23.8 Å². The van der Waals surface area contributed by atoms with Gasteiger partial charge in [-0.3, -0.25) is 4.79 Å². The van der Waals surface area contributed by atoms with Crippen LogP contribution in [0.15, 0.2) is 6.07 Å². The molecule has 0 aliphatic carbocycles. The molecule has 4 nitrogen and oxygen atoms in total. The summed E-state index contributed by atoms with van der Waals surface area (Å²) in [6, 6.07) is 1.83. The number of esters is 1. The smallest absolute Gasteiger partial charge is 0.350 e. The molecule has 2 heterocycles. The maximum absolute atomic E-state index is 11.9. The molecule has 0 aromatic carbocycles. The number of aryl methyl sites for hydroxylation is 1. The fourth-order valence-electron chi connectivity index (χ4n) is 1.99. The summed E-state index contributed by atoms with van der Waals surface area (Å²) in [5, 5.41) is 0. The normalized spacial score (nSPS) is 18.8. The second-order valence-corrected chi connectivity index (χ2v) is 5.39. The Balaban J connectivity index is 2.37. The van der Waals surface area contributed by atoms with Gasteiger partial charge in [-0.1, -0.05) is 0 Å². The minimum atomic E-state index is -0.417. The monoisotopic (exact) mass is 263 g/mol. The van der Waals surface area contributed by atoms with Crippen LogP contribution in [0.25, 0.3) is 0 Å². The maximum atomic E-state index is 11.9. The molecule has 0 radical (unpaired) electrons. The Morgan fingerprint density at radius 1 is 1.67 bits per heavy atom. The highest BCUT2D eigenvalue weighted by molar-refractivity contribution is 7.14. The van der Waals surface area contributed by atoms with E-state index in [-0.39, 0.29) is 11.8 Å². The molecule has 94 valence electrons. The lowest BCUT2D eigenvalue weighted by molar-refractivity contribution is -0.117. The van der Waals surface area contributed by atoms with E-state index >= 15 is 0 Å². The van der Waals surface area contributed by atoms with E-state index in [4.69, 9.17) is 11.2 Å². The first-order valence-corrected chi connectivity index (χ1v) is 6.33. The lowest BCUT2D eigenvalue weighted by atomic mass is 10.1. The molecule has 0 saturated carbocycles. The molecule has 1 aliphatic rings. The van der Waals surface area contributed by atoms with Gasteiger partial charge in [-0.05, 0) is 13.0 Å². The van der Waals surface area contributed by atoms with Gasteiger partial charge in [-0.25, -0.2) is 4.79 Å². The fraction of sp³-hybridized carbons (Fsp3) is 0.385. The van der Waals surface area contributed by atoms with Crippen molar-refractivity contribution in [3.05, 3.63) is 15.8 Å². The number of hydrogen-bond acceptors (Lipinski definition) is 4. The van der Waals surface area contributed by atoms with Crippen molar-refractivity contribution in [3.63, 3.8) is 0 Å². The van der Waals surface area contributed by atoms with E-state index in [1.165, 1.54) is 18.4 Å². The second kappa shape index (κ2) is 4.83. The van der Waals surface area contributed by atoms with Crippen LogP contribution in [-0.2, 0) is 9.53 Å². The number of carbonyl (C=O) groups excluding carboxylic acids is 2. The summed E-state index contributed by atoms with van der Waals surface area (Å²) < 4.78 is 4.73. The molecule has 1 atom stereocenters. The number of rotatable bonds is 2. The van der Waals surface area contributed by atoms with E-state index in [0.717, 1.165) is 4.88 Å². The van der Waals surface area contributed by atoms with Crippen LogP contribution in [0.4, 0.5) is 5.69 Å². The Morgan fingerprint density at radius 3 is 2.94 bits per heavy atom. The summed E-state index contributed by atoms with van der Waals surface area (Å²) in [6.07, 6.45) is 5.69. The minimum Gasteiger partial charge on any atom is -0.465 e. The number of amides is 1. The zero-order valence-electron chi connectivity index (χ0n) is 10.2. The summed E-state index contributed by atoms with van der Waals surface area (Å²) >= 11 is 1.32. The Morgan fingerprint density at radius 2 is 2.39 bits per heavy atom. The third kappa shape index (κ3) is 2.12. The standard InChI is InChI=1S/C13H13NO3S/c1-4-9-6-11(15)14(7-9)10-5-8(2)18-12(10)13(16)17-3/h1,5,9H,6-7H2,2-3H3. The second-order valence-electron chi connectivity index (χ2n) is 4.14. The molecule has 0 N–H and O–H groups in total. The molecule has 1 unspecified atom stereocenters. The van der Waals surface area contributed by atoms with Gasteiger partial charge >= 0.3 is 5.97 Å². The van der Waals surface area contributed by atoms with Crippen molar-refractivity contribution in [1.82, 2.24) is 0 Å². The third-order valence-corrected chi connectivity index (χ3v) is 3.88. The number of thiophene rings is 1. The van der Waals surface area contributed by atoms with Crippen molar-refractivity contribution >= 4 is 28.9 Å². The highest BCUT2D eigenvalue weighted by Crippen LogP contribution is 2.34. The largest absolute Gasteiger partial charge is 0.465 e. The van der Waals surface area contributed by atoms with Crippen LogP contribution >= 0.6 is 11.3 Å². The first-order valence-electron chi connectivity index (χ1n) is 5.52. The Hall–Kier alpha value is -1.80. The molecule has 1 fully saturated rings. The first kappa shape index (κ1) is 12.7. The summed E-state index contributed by atoms with van der Waals surface area (Å²) in [4.78, 5) is 26.6. The molecule has 1 saturated heterocycles. The SMILES string of the molecule is C#CC1CC(=O)N(c2cc(C)sc2C(=O)OC)C1. The van der Waals surface area contributed by atoms with Crippen LogP contribution in [0.3, 0.4) is 0 Å². The highest BCUT2D eigenvalue weighted by Gasteiger charge is 2.33. The molecular weight excluding hydrogens is 250 g/mol. The quantitative estimate of drug-likeness (QED) is 0.604. The van der Waals surface area contributed by atoms with Crippen LogP contribution in [0.1, 0.15) is 21.0 Å². The number of hydrogen-bond donors (Lipinski definition) is 0. The summed E-state index contributed by atoms with van der Waals surface area (Å²) in [5.74, 6) is 2.05. The van der Waals surface area contributed by atoms with Gasteiger partial charge in [0.25, 0.3) is 0 Å². The van der Waals surface area contributed by atoms with E-state index in [1.807, 2.05) is 13.0 Å². The van der Waals surface area contributed by atoms with Gasteiger partial charge in [0.05, 0.1) is 12.8 Å². The van der Waals surface area contributed by atoms with E-state index in [2.05, 4.69) is 5.92 Å². The lowest BCUT2D eigenvalue weighted by Crippen LogP contribution is -2.25. The Labute approximate surface area is 110 Å². The van der Waals surface area contributed by atoms with Gasteiger partial charge < -0.3 is 9.64 Å². The minimum absolute atomic E-state index is 0.0408. The Kier molecular flexibility index (Phi) is 3.39. The number of anilines is 1. The maximum Gasteiger partial charge on any atom is 0.350 e. The molecule has 18 heavy (non-hydrogen) atoms. The van der Waals surface area contributed by atoms with Crippen molar-refractivity contribution in [2.75, 3.05) is 18.6 Å². The molecule has 1 aromatic rings. The van der Waals surface area contributed by atoms with Crippen LogP contribution in [0.5, 0.6) is 0 Å². The average molecular weight is 263 g/mol. The van der Waals surface area contributed by atoms with Gasteiger partial charge in [-0.2, -0.15) is 0 Å². The van der Waals surface area contributed by atoms with Gasteiger partial charge in [0.15, 0.2) is 0 Å². The molecular formula is C13H13NO3S. The van der Waals surface area contributed by atoms with Crippen molar-refractivity contribution < 1.29 is 14.3 Å². The van der Waals surface area contributed by atoms with Crippen molar-refractivity contribution in [2.24, 2.45) is 5.92 Å². The molecule has 5 heteroatoms. The van der Waals surface area contributed by atoms with Crippen molar-refractivity contribution in [3.8, 4) is 12.3 Å². The molecule has 1 aliphatic heterocycles. The van der Waals surface area contributed by atoms with E-state index < -0.39 is 5.97 Å². The lowest BCUT2D eigenvalue weighted by Gasteiger charge is -2.15. The van der Waals surface area contributed by atoms with Crippen molar-refractivity contribution in [1.29, 1.82) is 0 Å². The summed E-state index contributed by atoms with van der Waals surface area (Å²) in [7, 11) is 1.33. The van der Waals surface area contributed by atoms with Crippen LogP contribution in [0, 0.1) is 25.2 Å². The van der Waals surface area contributed by atoms with Gasteiger partial charge in [-0.15, -0.1) is 23.7 Å². The molecule has 1 amide bonds. The van der Waals surface area contributed by atoms with Gasteiger partial charge in [0.2, 0.25) is 5.91 Å². The Bertz CT molecular complexity index is 541. The van der Waals surface area contributed by atoms with E-state index in [0.29, 0.717) is 23.5 Å². The number of carbonyl (C=O) groups is 2. The summed E-state index contributed by atoms with van der Waals surface area (Å²) in [6.45, 7) is 2.36. The fourth-order valence-corrected chi connectivity index (χ4v) is 2.93. The predicted octanol–water partition coefficient (Wildman–Crippen LogP) is 1.83. The van der Waals surface area contributed by atoms with Crippen LogP contribution < -0.4 is 4.90 Å². The average Bonchev–Trinajstić information content (AvgIpc) is 2.91. The van der Waals surface area contributed by atoms with Crippen LogP contribution in [-0.4, -0.2) is 25.5 Å². The number of ether oxygens (including phenoxy) is 1. The van der Waals surface area contributed by atoms with Crippen molar-refractivity contribution in [2.45, 2.75) is 13.3 Å². The zero-order chi connectivity index (χ0) is 13.3. The highest BCUT2D eigenvalue weighted by atomic mass is 32.1. The van der Waals surface area contributed by atoms with Gasteiger partial charge in [0.1, 0.15) is 4.88 Å². The predicted molar refractivity (Wildman–Crippen MR) is 69.7 cm³/mol. The molecule has 0 spiro atoms. The summed E-state index contributed by atoms with van der Waals surface area (Å²) in [5.41, 5.74) is 0.618. The van der Waals surface area contributed by atoms with Crippen LogP contribution in [0.2, 0.25) is 0 Å².